The summed E-state index contributed by atoms with van der Waals surface area (Å²) in [6.07, 6.45) is 10.7. The van der Waals surface area contributed by atoms with Crippen molar-refractivity contribution in [2.24, 2.45) is 11.8 Å². The maximum Gasteiger partial charge on any atom is 0.201 e. The molecule has 0 aromatic heterocycles. The molecule has 0 bridgehead atoms. The predicted molar refractivity (Wildman–Crippen MR) is 125 cm³/mol. The van der Waals surface area contributed by atoms with Gasteiger partial charge in [0.2, 0.25) is 5.82 Å². The summed E-state index contributed by atoms with van der Waals surface area (Å²) in [7, 11) is 0. The van der Waals surface area contributed by atoms with Gasteiger partial charge in [-0.25, -0.2) is 4.39 Å². The standard InChI is InChI=1S/C28H36F2O2/c1-3-5-19-6-8-22(9-7-19)25-16-14-23(18-32-25)20-10-12-21(13-11-20)24-15-17-26(31-4-2)28(30)27(24)29/h10-13,15,17,19,22-23,25H,3-9,14,16,18H2,1-2H3/t19-,22-,23-,25+/m0/s1. The third kappa shape index (κ3) is 5.17. The topological polar surface area (TPSA) is 18.5 Å². The Morgan fingerprint density at radius 3 is 2.25 bits per heavy atom. The second-order valence-corrected chi connectivity index (χ2v) is 9.51. The second kappa shape index (κ2) is 10.8. The summed E-state index contributed by atoms with van der Waals surface area (Å²) in [5.41, 5.74) is 2.15. The number of halogens is 2. The zero-order valence-electron chi connectivity index (χ0n) is 19.4. The molecule has 0 amide bonds. The normalized spacial score (nSPS) is 26.1. The smallest absolute Gasteiger partial charge is 0.201 e. The summed E-state index contributed by atoms with van der Waals surface area (Å²) in [6, 6.07) is 10.9. The zero-order chi connectivity index (χ0) is 22.5. The lowest BCUT2D eigenvalue weighted by molar-refractivity contribution is -0.0435. The molecule has 2 aromatic rings. The van der Waals surface area contributed by atoms with Crippen LogP contribution >= 0.6 is 0 Å². The van der Waals surface area contributed by atoms with Crippen LogP contribution in [0, 0.1) is 23.5 Å². The van der Waals surface area contributed by atoms with Crippen molar-refractivity contribution in [2.75, 3.05) is 13.2 Å². The van der Waals surface area contributed by atoms with Crippen LogP contribution in [-0.2, 0) is 4.74 Å². The highest BCUT2D eigenvalue weighted by atomic mass is 19.2. The van der Waals surface area contributed by atoms with Crippen LogP contribution in [0.3, 0.4) is 0 Å². The Hall–Kier alpha value is -1.94. The minimum Gasteiger partial charge on any atom is -0.491 e. The molecule has 2 fully saturated rings. The summed E-state index contributed by atoms with van der Waals surface area (Å²) in [6.45, 7) is 5.09. The first kappa shape index (κ1) is 23.2. The lowest BCUT2D eigenvalue weighted by Crippen LogP contribution is -2.33. The lowest BCUT2D eigenvalue weighted by Gasteiger charge is -2.38. The lowest BCUT2D eigenvalue weighted by atomic mass is 9.75. The molecule has 1 saturated carbocycles. The van der Waals surface area contributed by atoms with Gasteiger partial charge < -0.3 is 9.47 Å². The third-order valence-corrected chi connectivity index (χ3v) is 7.47. The van der Waals surface area contributed by atoms with Crippen molar-refractivity contribution in [1.29, 1.82) is 0 Å². The minimum absolute atomic E-state index is 0.0434. The molecule has 0 N–H and O–H groups in total. The van der Waals surface area contributed by atoms with Crippen molar-refractivity contribution in [3.63, 3.8) is 0 Å². The fraction of sp³-hybridized carbons (Fsp3) is 0.571. The highest BCUT2D eigenvalue weighted by Gasteiger charge is 2.32. The van der Waals surface area contributed by atoms with Crippen molar-refractivity contribution >= 4 is 0 Å². The van der Waals surface area contributed by atoms with Crippen molar-refractivity contribution in [2.45, 2.75) is 77.2 Å². The molecule has 0 radical (unpaired) electrons. The third-order valence-electron chi connectivity index (χ3n) is 7.47. The van der Waals surface area contributed by atoms with E-state index in [1.165, 1.54) is 50.2 Å². The van der Waals surface area contributed by atoms with Gasteiger partial charge in [0.15, 0.2) is 11.6 Å². The molecule has 4 heteroatoms. The maximum absolute atomic E-state index is 14.5. The Morgan fingerprint density at radius 2 is 1.62 bits per heavy atom. The fourth-order valence-electron chi connectivity index (χ4n) is 5.62. The second-order valence-electron chi connectivity index (χ2n) is 9.51. The first-order chi connectivity index (χ1) is 15.6. The molecule has 0 spiro atoms. The van der Waals surface area contributed by atoms with Gasteiger partial charge >= 0.3 is 0 Å². The van der Waals surface area contributed by atoms with Crippen LogP contribution in [0.2, 0.25) is 0 Å². The van der Waals surface area contributed by atoms with E-state index in [0.717, 1.165) is 31.3 Å². The molecule has 4 rings (SSSR count). The molecule has 1 aliphatic heterocycles. The summed E-state index contributed by atoms with van der Waals surface area (Å²) >= 11 is 0. The summed E-state index contributed by atoms with van der Waals surface area (Å²) in [5.74, 6) is 0.200. The molecular formula is C28H36F2O2. The SMILES string of the molecule is CCC[C@H]1CC[C@H]([C@H]2CC[C@H](c3ccc(-c4ccc(OCC)c(F)c4F)cc3)CO2)CC1. The highest BCUT2D eigenvalue weighted by Crippen LogP contribution is 2.39. The van der Waals surface area contributed by atoms with E-state index in [-0.39, 0.29) is 11.3 Å². The molecule has 174 valence electrons. The van der Waals surface area contributed by atoms with Gasteiger partial charge in [-0.3, -0.25) is 0 Å². The monoisotopic (exact) mass is 442 g/mol. The number of benzene rings is 2. The van der Waals surface area contributed by atoms with Gasteiger partial charge in [0, 0.05) is 11.5 Å². The fourth-order valence-corrected chi connectivity index (χ4v) is 5.62. The van der Waals surface area contributed by atoms with Crippen molar-refractivity contribution in [3.05, 3.63) is 53.6 Å². The first-order valence-corrected chi connectivity index (χ1v) is 12.4. The van der Waals surface area contributed by atoms with Crippen LogP contribution in [0.1, 0.15) is 76.7 Å². The van der Waals surface area contributed by atoms with Crippen LogP contribution in [0.4, 0.5) is 8.78 Å². The van der Waals surface area contributed by atoms with E-state index < -0.39 is 11.6 Å². The van der Waals surface area contributed by atoms with E-state index in [9.17, 15) is 8.78 Å². The van der Waals surface area contributed by atoms with Crippen molar-refractivity contribution in [3.8, 4) is 16.9 Å². The number of hydrogen-bond donors (Lipinski definition) is 0. The molecule has 1 aliphatic carbocycles. The van der Waals surface area contributed by atoms with Gasteiger partial charge in [-0.1, -0.05) is 56.9 Å². The Morgan fingerprint density at radius 1 is 0.875 bits per heavy atom. The quantitative estimate of drug-likeness (QED) is 0.434. The molecule has 32 heavy (non-hydrogen) atoms. The van der Waals surface area contributed by atoms with Crippen molar-refractivity contribution in [1.82, 2.24) is 0 Å². The van der Waals surface area contributed by atoms with Gasteiger partial charge in [-0.2, -0.15) is 4.39 Å². The van der Waals surface area contributed by atoms with E-state index in [1.54, 1.807) is 13.0 Å². The zero-order valence-corrected chi connectivity index (χ0v) is 19.4. The van der Waals surface area contributed by atoms with Gasteiger partial charge in [-0.15, -0.1) is 0 Å². The van der Waals surface area contributed by atoms with Crippen LogP contribution in [0.25, 0.3) is 11.1 Å². The van der Waals surface area contributed by atoms with E-state index in [4.69, 9.17) is 9.47 Å². The van der Waals surface area contributed by atoms with Crippen LogP contribution in [0.15, 0.2) is 36.4 Å². The Balaban J connectivity index is 1.34. The summed E-state index contributed by atoms with van der Waals surface area (Å²) in [4.78, 5) is 0. The highest BCUT2D eigenvalue weighted by molar-refractivity contribution is 5.65. The predicted octanol–water partition coefficient (Wildman–Crippen LogP) is 7.90. The van der Waals surface area contributed by atoms with Crippen molar-refractivity contribution < 1.29 is 18.3 Å². The first-order valence-electron chi connectivity index (χ1n) is 12.4. The molecule has 2 aromatic carbocycles. The van der Waals surface area contributed by atoms with Gasteiger partial charge in [0.05, 0.1) is 19.3 Å². The molecule has 2 aliphatic rings. The largest absolute Gasteiger partial charge is 0.491 e. The van der Waals surface area contributed by atoms with Gasteiger partial charge in [0.25, 0.3) is 0 Å². The van der Waals surface area contributed by atoms with Crippen LogP contribution < -0.4 is 4.74 Å². The van der Waals surface area contributed by atoms with E-state index in [1.807, 2.05) is 24.3 Å². The molecule has 0 unspecified atom stereocenters. The average Bonchev–Trinajstić information content (AvgIpc) is 2.83. The van der Waals surface area contributed by atoms with Crippen LogP contribution in [0.5, 0.6) is 5.75 Å². The average molecular weight is 443 g/mol. The Bertz CT molecular complexity index is 864. The van der Waals surface area contributed by atoms with Crippen LogP contribution in [-0.4, -0.2) is 19.3 Å². The summed E-state index contributed by atoms with van der Waals surface area (Å²) in [5, 5.41) is 0. The molecular weight excluding hydrogens is 406 g/mol. The number of ether oxygens (including phenoxy) is 2. The van der Waals surface area contributed by atoms with E-state index in [2.05, 4.69) is 6.92 Å². The molecule has 2 atom stereocenters. The maximum atomic E-state index is 14.5. The number of hydrogen-bond acceptors (Lipinski definition) is 2. The Kier molecular flexibility index (Phi) is 7.83. The molecule has 2 nitrogen and oxygen atoms in total. The summed E-state index contributed by atoms with van der Waals surface area (Å²) < 4.78 is 40.3. The van der Waals surface area contributed by atoms with E-state index >= 15 is 0 Å². The molecule has 1 saturated heterocycles. The van der Waals surface area contributed by atoms with Gasteiger partial charge in [-0.05, 0) is 67.7 Å². The molecule has 1 heterocycles. The van der Waals surface area contributed by atoms with E-state index in [0.29, 0.717) is 24.2 Å². The number of rotatable bonds is 7. The Labute approximate surface area is 191 Å². The van der Waals surface area contributed by atoms with Gasteiger partial charge in [0.1, 0.15) is 0 Å². The minimum atomic E-state index is -0.927.